The Balaban J connectivity index is 2.25. The molecule has 1 aliphatic heterocycles. The summed E-state index contributed by atoms with van der Waals surface area (Å²) in [6.07, 6.45) is 0. The zero-order chi connectivity index (χ0) is 14.0. The number of benzene rings is 1. The highest BCUT2D eigenvalue weighted by atomic mass is 79.9. The first-order valence-corrected chi connectivity index (χ1v) is 7.76. The van der Waals surface area contributed by atoms with Crippen molar-refractivity contribution < 1.29 is 17.2 Å². The summed E-state index contributed by atoms with van der Waals surface area (Å²) >= 11 is 2.93. The maximum atomic E-state index is 13.6. The quantitative estimate of drug-likeness (QED) is 0.858. The average Bonchev–Trinajstić information content (AvgIpc) is 2.35. The second-order valence-corrected chi connectivity index (χ2v) is 6.59. The van der Waals surface area contributed by atoms with Gasteiger partial charge in [0.1, 0.15) is 5.69 Å². The summed E-state index contributed by atoms with van der Waals surface area (Å²) in [7, 11) is -3.95. The normalized spacial score (nSPS) is 17.4. The van der Waals surface area contributed by atoms with Crippen LogP contribution >= 0.6 is 15.9 Å². The van der Waals surface area contributed by atoms with Crippen LogP contribution in [0.25, 0.3) is 0 Å². The van der Waals surface area contributed by atoms with Crippen molar-refractivity contribution in [2.45, 2.75) is 0 Å². The van der Waals surface area contributed by atoms with E-state index in [0.717, 1.165) is 16.4 Å². The Hall–Kier alpha value is -0.770. The van der Waals surface area contributed by atoms with Crippen molar-refractivity contribution in [2.24, 2.45) is 0 Å². The SMILES string of the molecule is O=S(=O)(Nc1c(F)cc(Br)cc1F)N1CCNCC1. The summed E-state index contributed by atoms with van der Waals surface area (Å²) < 4.78 is 54.4. The van der Waals surface area contributed by atoms with Crippen LogP contribution in [-0.4, -0.2) is 38.9 Å². The maximum Gasteiger partial charge on any atom is 0.301 e. The Morgan fingerprint density at radius 1 is 1.21 bits per heavy atom. The molecule has 0 bridgehead atoms. The summed E-state index contributed by atoms with van der Waals surface area (Å²) in [4.78, 5) is 0. The average molecular weight is 356 g/mol. The van der Waals surface area contributed by atoms with Crippen LogP contribution in [-0.2, 0) is 10.2 Å². The number of anilines is 1. The second kappa shape index (κ2) is 5.70. The predicted octanol–water partition coefficient (Wildman–Crippen LogP) is 1.29. The van der Waals surface area contributed by atoms with Crippen LogP contribution < -0.4 is 10.0 Å². The highest BCUT2D eigenvalue weighted by Gasteiger charge is 2.26. The third-order valence-corrected chi connectivity index (χ3v) is 4.62. The standard InChI is InChI=1S/C10H12BrF2N3O2S/c11-7-5-8(12)10(9(13)6-7)15-19(17,18)16-3-1-14-2-4-16/h5-6,14-15H,1-4H2. The summed E-state index contributed by atoms with van der Waals surface area (Å²) in [5.41, 5.74) is -0.665. The first-order chi connectivity index (χ1) is 8.90. The lowest BCUT2D eigenvalue weighted by molar-refractivity contribution is 0.362. The molecule has 0 amide bonds. The molecule has 2 N–H and O–H groups in total. The molecule has 19 heavy (non-hydrogen) atoms. The van der Waals surface area contributed by atoms with Gasteiger partial charge in [0.25, 0.3) is 0 Å². The maximum absolute atomic E-state index is 13.6. The molecule has 0 unspecified atom stereocenters. The van der Waals surface area contributed by atoms with Crippen molar-refractivity contribution in [2.75, 3.05) is 30.9 Å². The predicted molar refractivity (Wildman–Crippen MR) is 71.0 cm³/mol. The van der Waals surface area contributed by atoms with Crippen LogP contribution in [0.3, 0.4) is 0 Å². The largest absolute Gasteiger partial charge is 0.314 e. The summed E-state index contributed by atoms with van der Waals surface area (Å²) in [6.45, 7) is 1.53. The van der Waals surface area contributed by atoms with E-state index in [1.54, 1.807) is 0 Å². The molecule has 0 aliphatic carbocycles. The van der Waals surface area contributed by atoms with E-state index in [2.05, 4.69) is 21.2 Å². The molecule has 0 saturated carbocycles. The van der Waals surface area contributed by atoms with Crippen LogP contribution in [0, 0.1) is 11.6 Å². The molecule has 9 heteroatoms. The molecule has 106 valence electrons. The van der Waals surface area contributed by atoms with Crippen molar-refractivity contribution in [3.8, 4) is 0 Å². The zero-order valence-electron chi connectivity index (χ0n) is 9.79. The smallest absolute Gasteiger partial charge is 0.301 e. The van der Waals surface area contributed by atoms with E-state index in [9.17, 15) is 17.2 Å². The van der Waals surface area contributed by atoms with Crippen molar-refractivity contribution in [3.63, 3.8) is 0 Å². The molecule has 0 aromatic heterocycles. The Kier molecular flexibility index (Phi) is 4.39. The molecular weight excluding hydrogens is 344 g/mol. The minimum Gasteiger partial charge on any atom is -0.314 e. The number of hydrogen-bond donors (Lipinski definition) is 2. The number of nitrogens with zero attached hydrogens (tertiary/aromatic N) is 1. The molecule has 1 heterocycles. The minimum atomic E-state index is -3.95. The fourth-order valence-corrected chi connectivity index (χ4v) is 3.37. The Morgan fingerprint density at radius 3 is 2.26 bits per heavy atom. The molecular formula is C10H12BrF2N3O2S. The lowest BCUT2D eigenvalue weighted by Gasteiger charge is -2.27. The molecule has 5 nitrogen and oxygen atoms in total. The molecule has 1 fully saturated rings. The Morgan fingerprint density at radius 2 is 1.74 bits per heavy atom. The number of halogens is 3. The monoisotopic (exact) mass is 355 g/mol. The van der Waals surface area contributed by atoms with Gasteiger partial charge in [-0.15, -0.1) is 0 Å². The Bertz CT molecular complexity index is 553. The highest BCUT2D eigenvalue weighted by Crippen LogP contribution is 2.25. The van der Waals surface area contributed by atoms with E-state index in [1.807, 2.05) is 4.72 Å². The number of hydrogen-bond acceptors (Lipinski definition) is 3. The van der Waals surface area contributed by atoms with Gasteiger partial charge in [0.15, 0.2) is 11.6 Å². The van der Waals surface area contributed by atoms with E-state index < -0.39 is 27.5 Å². The van der Waals surface area contributed by atoms with Crippen molar-refractivity contribution >= 4 is 31.8 Å². The van der Waals surface area contributed by atoms with E-state index in [0.29, 0.717) is 13.1 Å². The van der Waals surface area contributed by atoms with Gasteiger partial charge < -0.3 is 5.32 Å². The second-order valence-electron chi connectivity index (χ2n) is 4.00. The van der Waals surface area contributed by atoms with E-state index in [-0.39, 0.29) is 17.6 Å². The third kappa shape index (κ3) is 3.41. The zero-order valence-corrected chi connectivity index (χ0v) is 12.2. The van der Waals surface area contributed by atoms with Gasteiger partial charge in [-0.05, 0) is 12.1 Å². The van der Waals surface area contributed by atoms with Gasteiger partial charge >= 0.3 is 10.2 Å². The van der Waals surface area contributed by atoms with Crippen LogP contribution in [0.15, 0.2) is 16.6 Å². The lowest BCUT2D eigenvalue weighted by Crippen LogP contribution is -2.48. The van der Waals surface area contributed by atoms with Gasteiger partial charge in [-0.25, -0.2) is 8.78 Å². The topological polar surface area (TPSA) is 61.4 Å². The van der Waals surface area contributed by atoms with Gasteiger partial charge in [0, 0.05) is 30.7 Å². The molecule has 1 aromatic rings. The van der Waals surface area contributed by atoms with E-state index >= 15 is 0 Å². The van der Waals surface area contributed by atoms with Gasteiger partial charge in [0.05, 0.1) is 0 Å². The third-order valence-electron chi connectivity index (χ3n) is 2.65. The van der Waals surface area contributed by atoms with Gasteiger partial charge in [-0.3, -0.25) is 4.72 Å². The molecule has 2 rings (SSSR count). The van der Waals surface area contributed by atoms with Gasteiger partial charge in [-0.1, -0.05) is 15.9 Å². The van der Waals surface area contributed by atoms with Crippen LogP contribution in [0.2, 0.25) is 0 Å². The van der Waals surface area contributed by atoms with Gasteiger partial charge in [0.2, 0.25) is 0 Å². The Labute approximate surface area is 118 Å². The molecule has 0 spiro atoms. The molecule has 0 radical (unpaired) electrons. The summed E-state index contributed by atoms with van der Waals surface area (Å²) in [5.74, 6) is -1.93. The lowest BCUT2D eigenvalue weighted by atomic mass is 10.3. The van der Waals surface area contributed by atoms with Crippen molar-refractivity contribution in [1.29, 1.82) is 0 Å². The summed E-state index contributed by atoms with van der Waals surface area (Å²) in [5, 5.41) is 2.99. The molecule has 1 aromatic carbocycles. The number of rotatable bonds is 3. The summed E-state index contributed by atoms with van der Waals surface area (Å²) in [6, 6.07) is 2.00. The van der Waals surface area contributed by atoms with Crippen molar-refractivity contribution in [1.82, 2.24) is 9.62 Å². The van der Waals surface area contributed by atoms with Crippen molar-refractivity contribution in [3.05, 3.63) is 28.2 Å². The first kappa shape index (κ1) is 14.6. The van der Waals surface area contributed by atoms with E-state index in [1.165, 1.54) is 0 Å². The fourth-order valence-electron chi connectivity index (χ4n) is 1.72. The highest BCUT2D eigenvalue weighted by molar-refractivity contribution is 9.10. The first-order valence-electron chi connectivity index (χ1n) is 5.53. The number of piperazine rings is 1. The molecule has 1 saturated heterocycles. The molecule has 1 aliphatic rings. The van der Waals surface area contributed by atoms with Gasteiger partial charge in [-0.2, -0.15) is 12.7 Å². The van der Waals surface area contributed by atoms with Crippen LogP contribution in [0.1, 0.15) is 0 Å². The molecule has 0 atom stereocenters. The van der Waals surface area contributed by atoms with Crippen LogP contribution in [0.4, 0.5) is 14.5 Å². The minimum absolute atomic E-state index is 0.202. The van der Waals surface area contributed by atoms with E-state index in [4.69, 9.17) is 0 Å². The fraction of sp³-hybridized carbons (Fsp3) is 0.400. The van der Waals surface area contributed by atoms with Crippen LogP contribution in [0.5, 0.6) is 0 Å². The number of nitrogens with one attached hydrogen (secondary N) is 2.